The van der Waals surface area contributed by atoms with Crippen LogP contribution in [0.2, 0.25) is 0 Å². The summed E-state index contributed by atoms with van der Waals surface area (Å²) in [6.07, 6.45) is -4.55. The molecule has 1 atom stereocenters. The molecule has 0 spiro atoms. The number of nitrogens with two attached hydrogens (primary N) is 1. The smallest absolute Gasteiger partial charge is 0.416 e. The Balaban J connectivity index is 1.95. The molecule has 0 unspecified atom stereocenters. The van der Waals surface area contributed by atoms with Gasteiger partial charge in [0, 0.05) is 11.4 Å². The van der Waals surface area contributed by atoms with E-state index in [4.69, 9.17) is 27.4 Å². The number of alkyl halides is 3. The first-order chi connectivity index (χ1) is 16.5. The molecule has 0 radical (unpaired) electrons. The molecule has 1 heterocycles. The van der Waals surface area contributed by atoms with E-state index in [2.05, 4.69) is 16.0 Å². The topological polar surface area (TPSA) is 115 Å². The lowest BCUT2D eigenvalue weighted by Gasteiger charge is -2.30. The third-order valence-corrected chi connectivity index (χ3v) is 5.15. The van der Waals surface area contributed by atoms with E-state index in [-0.39, 0.29) is 28.7 Å². The monoisotopic (exact) mass is 508 g/mol. The van der Waals surface area contributed by atoms with Gasteiger partial charge in [-0.1, -0.05) is 12.1 Å². The SMILES string of the molecule is CCOc1cc([C@@H]2NC(=S)NC(C)=C2C(=O)Nc2cccc(C(F)(F)F)c2)ccc1OCC(N)=O. The number of halogens is 3. The van der Waals surface area contributed by atoms with Gasteiger partial charge in [0.2, 0.25) is 0 Å². The maximum atomic E-state index is 13.2. The minimum absolute atomic E-state index is 0.0118. The molecule has 0 aromatic heterocycles. The number of benzene rings is 2. The van der Waals surface area contributed by atoms with Crippen LogP contribution in [0.5, 0.6) is 11.5 Å². The minimum Gasteiger partial charge on any atom is -0.490 e. The highest BCUT2D eigenvalue weighted by Crippen LogP contribution is 2.35. The third-order valence-electron chi connectivity index (χ3n) is 4.93. The quantitative estimate of drug-likeness (QED) is 0.404. The van der Waals surface area contributed by atoms with Gasteiger partial charge in [-0.2, -0.15) is 13.2 Å². The Labute approximate surface area is 204 Å². The van der Waals surface area contributed by atoms with Gasteiger partial charge in [-0.3, -0.25) is 9.59 Å². The van der Waals surface area contributed by atoms with Crippen LogP contribution >= 0.6 is 12.2 Å². The van der Waals surface area contributed by atoms with Crippen LogP contribution in [0.4, 0.5) is 18.9 Å². The van der Waals surface area contributed by atoms with Gasteiger partial charge in [-0.25, -0.2) is 0 Å². The molecule has 12 heteroatoms. The highest BCUT2D eigenvalue weighted by Gasteiger charge is 2.32. The zero-order valence-corrected chi connectivity index (χ0v) is 19.6. The molecule has 35 heavy (non-hydrogen) atoms. The van der Waals surface area contributed by atoms with Gasteiger partial charge in [-0.05, 0) is 62.0 Å². The number of allylic oxidation sites excluding steroid dienone is 1. The zero-order valence-electron chi connectivity index (χ0n) is 18.8. The van der Waals surface area contributed by atoms with Crippen molar-refractivity contribution in [2.75, 3.05) is 18.5 Å². The number of amides is 2. The largest absolute Gasteiger partial charge is 0.490 e. The average Bonchev–Trinajstić information content (AvgIpc) is 2.77. The van der Waals surface area contributed by atoms with Crippen molar-refractivity contribution in [1.82, 2.24) is 10.6 Å². The normalized spacial score (nSPS) is 15.7. The molecule has 0 fully saturated rings. The molecule has 2 aromatic carbocycles. The lowest BCUT2D eigenvalue weighted by molar-refractivity contribution is -0.137. The molecule has 0 saturated carbocycles. The molecule has 1 aliphatic heterocycles. The van der Waals surface area contributed by atoms with E-state index in [1.54, 1.807) is 32.0 Å². The molecule has 0 bridgehead atoms. The van der Waals surface area contributed by atoms with Crippen molar-refractivity contribution in [3.05, 3.63) is 64.9 Å². The number of thiocarbonyl (C=S) groups is 1. The molecular weight excluding hydrogens is 485 g/mol. The van der Waals surface area contributed by atoms with E-state index in [9.17, 15) is 22.8 Å². The second-order valence-corrected chi connectivity index (χ2v) is 7.91. The molecule has 3 rings (SSSR count). The summed E-state index contributed by atoms with van der Waals surface area (Å²) in [7, 11) is 0. The fourth-order valence-corrected chi connectivity index (χ4v) is 3.73. The van der Waals surface area contributed by atoms with E-state index >= 15 is 0 Å². The number of anilines is 1. The molecule has 0 aliphatic carbocycles. The summed E-state index contributed by atoms with van der Waals surface area (Å²) in [4.78, 5) is 24.3. The summed E-state index contributed by atoms with van der Waals surface area (Å²) in [5.74, 6) is -0.690. The maximum Gasteiger partial charge on any atom is 0.416 e. The first-order valence-electron chi connectivity index (χ1n) is 10.4. The van der Waals surface area contributed by atoms with Crippen LogP contribution in [0.25, 0.3) is 0 Å². The number of hydrogen-bond acceptors (Lipinski definition) is 5. The Morgan fingerprint density at radius 1 is 1.14 bits per heavy atom. The van der Waals surface area contributed by atoms with E-state index in [1.807, 2.05) is 0 Å². The third kappa shape index (κ3) is 6.41. The average molecular weight is 509 g/mol. The van der Waals surface area contributed by atoms with Gasteiger partial charge in [0.15, 0.2) is 23.2 Å². The van der Waals surface area contributed by atoms with E-state index in [0.29, 0.717) is 23.6 Å². The van der Waals surface area contributed by atoms with Crippen LogP contribution in [-0.2, 0) is 15.8 Å². The van der Waals surface area contributed by atoms with Gasteiger partial charge in [0.1, 0.15) is 0 Å². The van der Waals surface area contributed by atoms with Gasteiger partial charge in [0.05, 0.1) is 23.8 Å². The minimum atomic E-state index is -4.55. The van der Waals surface area contributed by atoms with Crippen LogP contribution in [-0.4, -0.2) is 30.1 Å². The van der Waals surface area contributed by atoms with E-state index in [0.717, 1.165) is 12.1 Å². The highest BCUT2D eigenvalue weighted by atomic mass is 32.1. The molecule has 5 N–H and O–H groups in total. The van der Waals surface area contributed by atoms with Crippen molar-refractivity contribution in [2.24, 2.45) is 5.73 Å². The lowest BCUT2D eigenvalue weighted by Crippen LogP contribution is -2.45. The van der Waals surface area contributed by atoms with Crippen molar-refractivity contribution < 1.29 is 32.2 Å². The second-order valence-electron chi connectivity index (χ2n) is 7.50. The number of hydrogen-bond donors (Lipinski definition) is 4. The van der Waals surface area contributed by atoms with E-state index < -0.39 is 29.6 Å². The first-order valence-corrected chi connectivity index (χ1v) is 10.8. The van der Waals surface area contributed by atoms with Crippen LogP contribution in [0.1, 0.15) is 31.0 Å². The van der Waals surface area contributed by atoms with Crippen molar-refractivity contribution in [2.45, 2.75) is 26.1 Å². The fraction of sp³-hybridized carbons (Fsp3) is 0.261. The first kappa shape index (κ1) is 25.8. The Morgan fingerprint density at radius 3 is 2.54 bits per heavy atom. The Bertz CT molecular complexity index is 1180. The predicted octanol–water partition coefficient (Wildman–Crippen LogP) is 3.40. The predicted molar refractivity (Wildman–Crippen MR) is 127 cm³/mol. The van der Waals surface area contributed by atoms with Crippen LogP contribution in [0.3, 0.4) is 0 Å². The Hall–Kier alpha value is -3.80. The summed E-state index contributed by atoms with van der Waals surface area (Å²) in [5, 5.41) is 8.66. The lowest BCUT2D eigenvalue weighted by atomic mass is 9.94. The number of rotatable bonds is 8. The van der Waals surface area contributed by atoms with Crippen molar-refractivity contribution >= 4 is 34.8 Å². The van der Waals surface area contributed by atoms with Crippen LogP contribution in [0.15, 0.2) is 53.7 Å². The van der Waals surface area contributed by atoms with Gasteiger partial charge in [0.25, 0.3) is 11.8 Å². The molecule has 186 valence electrons. The number of carbonyl (C=O) groups excluding carboxylic acids is 2. The number of primary amides is 1. The molecule has 2 amide bonds. The van der Waals surface area contributed by atoms with Crippen LogP contribution in [0, 0.1) is 0 Å². The van der Waals surface area contributed by atoms with Crippen LogP contribution < -0.4 is 31.2 Å². The maximum absolute atomic E-state index is 13.2. The van der Waals surface area contributed by atoms with Gasteiger partial charge < -0.3 is 31.2 Å². The summed E-state index contributed by atoms with van der Waals surface area (Å²) in [5.41, 5.74) is 5.45. The molecule has 8 nitrogen and oxygen atoms in total. The standard InChI is InChI=1S/C23H23F3N4O4S/c1-3-33-17-9-13(7-8-16(17)34-11-18(27)31)20-19(12(2)28-22(35)30-20)21(32)29-15-6-4-5-14(10-15)23(24,25)26/h4-10,20H,3,11H2,1-2H3,(H2,27,31)(H,29,32)(H2,28,30,35)/t20-/m0/s1. The summed E-state index contributed by atoms with van der Waals surface area (Å²) < 4.78 is 50.2. The molecule has 0 saturated heterocycles. The number of carbonyl (C=O) groups is 2. The zero-order chi connectivity index (χ0) is 25.8. The number of ether oxygens (including phenoxy) is 2. The van der Waals surface area contributed by atoms with E-state index in [1.165, 1.54) is 12.1 Å². The van der Waals surface area contributed by atoms with Crippen molar-refractivity contribution in [3.63, 3.8) is 0 Å². The Morgan fingerprint density at radius 2 is 1.89 bits per heavy atom. The second kappa shape index (κ2) is 10.6. The molecule has 2 aromatic rings. The highest BCUT2D eigenvalue weighted by molar-refractivity contribution is 7.80. The van der Waals surface area contributed by atoms with Gasteiger partial charge in [-0.15, -0.1) is 0 Å². The van der Waals surface area contributed by atoms with Gasteiger partial charge >= 0.3 is 6.18 Å². The number of nitrogens with one attached hydrogen (secondary N) is 3. The summed E-state index contributed by atoms with van der Waals surface area (Å²) in [6, 6.07) is 8.43. The Kier molecular flexibility index (Phi) is 7.85. The molecular formula is C23H23F3N4O4S. The molecule has 1 aliphatic rings. The fourth-order valence-electron chi connectivity index (χ4n) is 3.46. The summed E-state index contributed by atoms with van der Waals surface area (Å²) in [6.45, 7) is 3.35. The summed E-state index contributed by atoms with van der Waals surface area (Å²) >= 11 is 5.25. The van der Waals surface area contributed by atoms with Crippen molar-refractivity contribution in [3.8, 4) is 11.5 Å². The van der Waals surface area contributed by atoms with Crippen molar-refractivity contribution in [1.29, 1.82) is 0 Å².